The highest BCUT2D eigenvalue weighted by atomic mass is 35.5. The van der Waals surface area contributed by atoms with Gasteiger partial charge >= 0.3 is 5.97 Å². The standard InChI is InChI=1S/C12H17Cl2N3O2/c1-7(12(18)19)4-3-5-8(2)15-9-6-10(13)16-17-11(9)14/h6-8H,3-5H2,1-2H3,(H,15,16)(H,18,19). The lowest BCUT2D eigenvalue weighted by atomic mass is 10.0. The number of aliphatic carboxylic acids is 1. The second-order valence-electron chi connectivity index (χ2n) is 4.59. The predicted octanol–water partition coefficient (Wildman–Crippen LogP) is 3.47. The molecule has 2 unspecified atom stereocenters. The molecule has 2 atom stereocenters. The van der Waals surface area contributed by atoms with Crippen molar-refractivity contribution in [2.45, 2.75) is 39.2 Å². The fourth-order valence-corrected chi connectivity index (χ4v) is 1.94. The highest BCUT2D eigenvalue weighted by molar-refractivity contribution is 6.33. The number of nitrogens with one attached hydrogen (secondary N) is 1. The number of aromatic nitrogens is 2. The lowest BCUT2D eigenvalue weighted by molar-refractivity contribution is -0.141. The molecule has 0 saturated carbocycles. The Morgan fingerprint density at radius 3 is 2.68 bits per heavy atom. The lowest BCUT2D eigenvalue weighted by Gasteiger charge is -2.16. The van der Waals surface area contributed by atoms with Crippen LogP contribution in [0.15, 0.2) is 6.07 Å². The summed E-state index contributed by atoms with van der Waals surface area (Å²) >= 11 is 11.6. The predicted molar refractivity (Wildman–Crippen MR) is 75.8 cm³/mol. The molecule has 1 heterocycles. The van der Waals surface area contributed by atoms with Gasteiger partial charge in [-0.15, -0.1) is 10.2 Å². The van der Waals surface area contributed by atoms with Crippen molar-refractivity contribution in [2.24, 2.45) is 5.92 Å². The fraction of sp³-hybridized carbons (Fsp3) is 0.583. The zero-order valence-corrected chi connectivity index (χ0v) is 12.4. The molecule has 1 aromatic rings. The maximum Gasteiger partial charge on any atom is 0.306 e. The van der Waals surface area contributed by atoms with Crippen molar-refractivity contribution in [2.75, 3.05) is 5.32 Å². The average Bonchev–Trinajstić information content (AvgIpc) is 2.33. The van der Waals surface area contributed by atoms with Gasteiger partial charge in [-0.2, -0.15) is 0 Å². The Hall–Kier alpha value is -1.07. The Balaban J connectivity index is 2.41. The second kappa shape index (κ2) is 7.50. The van der Waals surface area contributed by atoms with E-state index in [-0.39, 0.29) is 22.3 Å². The first-order chi connectivity index (χ1) is 8.90. The summed E-state index contributed by atoms with van der Waals surface area (Å²) in [5.41, 5.74) is 0.639. The fourth-order valence-electron chi connectivity index (χ4n) is 1.65. The number of carboxylic acids is 1. The molecule has 0 fully saturated rings. The number of nitrogens with zero attached hydrogens (tertiary/aromatic N) is 2. The second-order valence-corrected chi connectivity index (χ2v) is 5.33. The van der Waals surface area contributed by atoms with Crippen molar-refractivity contribution in [1.29, 1.82) is 0 Å². The van der Waals surface area contributed by atoms with Crippen molar-refractivity contribution in [1.82, 2.24) is 10.2 Å². The molecule has 5 nitrogen and oxygen atoms in total. The van der Waals surface area contributed by atoms with Crippen LogP contribution in [0.1, 0.15) is 33.1 Å². The summed E-state index contributed by atoms with van der Waals surface area (Å²) in [5.74, 6) is -1.07. The van der Waals surface area contributed by atoms with Crippen molar-refractivity contribution in [3.63, 3.8) is 0 Å². The summed E-state index contributed by atoms with van der Waals surface area (Å²) in [6.07, 6.45) is 2.32. The number of anilines is 1. The van der Waals surface area contributed by atoms with E-state index in [1.165, 1.54) is 0 Å². The third-order valence-corrected chi connectivity index (χ3v) is 3.28. The number of halogens is 2. The van der Waals surface area contributed by atoms with Crippen molar-refractivity contribution >= 4 is 34.9 Å². The molecule has 0 aliphatic heterocycles. The van der Waals surface area contributed by atoms with Crippen LogP contribution in [0, 0.1) is 5.92 Å². The van der Waals surface area contributed by atoms with Gasteiger partial charge in [0.1, 0.15) is 0 Å². The van der Waals surface area contributed by atoms with Crippen molar-refractivity contribution in [3.05, 3.63) is 16.4 Å². The Labute approximate surface area is 122 Å². The zero-order valence-electron chi connectivity index (χ0n) is 10.9. The topological polar surface area (TPSA) is 75.1 Å². The quantitative estimate of drug-likeness (QED) is 0.806. The van der Waals surface area contributed by atoms with Crippen LogP contribution in [0.3, 0.4) is 0 Å². The molecule has 1 rings (SSSR count). The molecule has 106 valence electrons. The SMILES string of the molecule is CC(CCCC(C)C(=O)O)Nc1cc(Cl)nnc1Cl. The molecule has 0 amide bonds. The molecule has 0 radical (unpaired) electrons. The third-order valence-electron chi connectivity index (χ3n) is 2.82. The molecule has 19 heavy (non-hydrogen) atoms. The Kier molecular flexibility index (Phi) is 6.31. The van der Waals surface area contributed by atoms with Crippen LogP contribution < -0.4 is 5.32 Å². The number of carbonyl (C=O) groups is 1. The van der Waals surface area contributed by atoms with Gasteiger partial charge in [0.2, 0.25) is 0 Å². The van der Waals surface area contributed by atoms with Crippen LogP contribution in [-0.4, -0.2) is 27.3 Å². The van der Waals surface area contributed by atoms with E-state index in [1.54, 1.807) is 13.0 Å². The Morgan fingerprint density at radius 1 is 1.37 bits per heavy atom. The average molecular weight is 306 g/mol. The van der Waals surface area contributed by atoms with Gasteiger partial charge in [0.05, 0.1) is 11.6 Å². The highest BCUT2D eigenvalue weighted by Gasteiger charge is 2.12. The minimum Gasteiger partial charge on any atom is -0.481 e. The summed E-state index contributed by atoms with van der Waals surface area (Å²) in [6, 6.07) is 1.77. The first-order valence-electron chi connectivity index (χ1n) is 6.08. The van der Waals surface area contributed by atoms with Gasteiger partial charge in [-0.3, -0.25) is 4.79 Å². The summed E-state index contributed by atoms with van der Waals surface area (Å²) < 4.78 is 0. The van der Waals surface area contributed by atoms with E-state index in [2.05, 4.69) is 15.5 Å². The monoisotopic (exact) mass is 305 g/mol. The van der Waals surface area contributed by atoms with E-state index in [4.69, 9.17) is 28.3 Å². The molecule has 0 spiro atoms. The molecule has 0 saturated heterocycles. The number of carboxylic acid groups (broad SMARTS) is 1. The normalized spacial score (nSPS) is 13.9. The van der Waals surface area contributed by atoms with E-state index < -0.39 is 5.97 Å². The van der Waals surface area contributed by atoms with Gasteiger partial charge in [-0.25, -0.2) is 0 Å². The molecule has 0 aromatic carbocycles. The smallest absolute Gasteiger partial charge is 0.306 e. The van der Waals surface area contributed by atoms with Crippen LogP contribution in [0.5, 0.6) is 0 Å². The van der Waals surface area contributed by atoms with Gasteiger partial charge in [-0.05, 0) is 19.8 Å². The van der Waals surface area contributed by atoms with Gasteiger partial charge < -0.3 is 10.4 Å². The molecule has 0 aliphatic rings. The minimum absolute atomic E-state index is 0.152. The lowest BCUT2D eigenvalue weighted by Crippen LogP contribution is -2.17. The number of hydrogen-bond donors (Lipinski definition) is 2. The number of hydrogen-bond acceptors (Lipinski definition) is 4. The first kappa shape index (κ1) is 16.0. The molecular formula is C12H17Cl2N3O2. The third kappa shape index (κ3) is 5.61. The molecule has 7 heteroatoms. The summed E-state index contributed by atoms with van der Waals surface area (Å²) in [4.78, 5) is 10.7. The first-order valence-corrected chi connectivity index (χ1v) is 6.83. The number of rotatable bonds is 7. The summed E-state index contributed by atoms with van der Waals surface area (Å²) in [5, 5.41) is 19.9. The van der Waals surface area contributed by atoms with Crippen LogP contribution in [-0.2, 0) is 4.79 Å². The van der Waals surface area contributed by atoms with E-state index in [9.17, 15) is 4.79 Å². The minimum atomic E-state index is -0.756. The Morgan fingerprint density at radius 2 is 2.05 bits per heavy atom. The van der Waals surface area contributed by atoms with Gasteiger partial charge in [0, 0.05) is 12.1 Å². The summed E-state index contributed by atoms with van der Waals surface area (Å²) in [7, 11) is 0. The molecular weight excluding hydrogens is 289 g/mol. The van der Waals surface area contributed by atoms with Gasteiger partial charge in [0.25, 0.3) is 0 Å². The van der Waals surface area contributed by atoms with Crippen LogP contribution in [0.4, 0.5) is 5.69 Å². The van der Waals surface area contributed by atoms with Gasteiger partial charge in [0.15, 0.2) is 10.3 Å². The largest absolute Gasteiger partial charge is 0.481 e. The highest BCUT2D eigenvalue weighted by Crippen LogP contribution is 2.22. The van der Waals surface area contributed by atoms with Crippen LogP contribution in [0.25, 0.3) is 0 Å². The molecule has 2 N–H and O–H groups in total. The molecule has 1 aromatic heterocycles. The van der Waals surface area contributed by atoms with Crippen molar-refractivity contribution < 1.29 is 9.90 Å². The van der Waals surface area contributed by atoms with E-state index in [1.807, 2.05) is 6.92 Å². The van der Waals surface area contributed by atoms with Crippen molar-refractivity contribution in [3.8, 4) is 0 Å². The van der Waals surface area contributed by atoms with E-state index in [0.717, 1.165) is 12.8 Å². The summed E-state index contributed by atoms with van der Waals surface area (Å²) in [6.45, 7) is 3.71. The maximum absolute atomic E-state index is 10.7. The van der Waals surface area contributed by atoms with Gasteiger partial charge in [-0.1, -0.05) is 36.5 Å². The van der Waals surface area contributed by atoms with Crippen LogP contribution >= 0.6 is 23.2 Å². The molecule has 0 bridgehead atoms. The maximum atomic E-state index is 10.7. The van der Waals surface area contributed by atoms with E-state index in [0.29, 0.717) is 12.1 Å². The Bertz CT molecular complexity index is 443. The molecule has 0 aliphatic carbocycles. The van der Waals surface area contributed by atoms with E-state index >= 15 is 0 Å². The zero-order chi connectivity index (χ0) is 14.4. The van der Waals surface area contributed by atoms with Crippen LogP contribution in [0.2, 0.25) is 10.3 Å².